The van der Waals surface area contributed by atoms with E-state index in [-0.39, 0.29) is 18.0 Å². The van der Waals surface area contributed by atoms with Gasteiger partial charge in [0.1, 0.15) is 24.0 Å². The van der Waals surface area contributed by atoms with Crippen molar-refractivity contribution < 1.29 is 9.21 Å². The summed E-state index contributed by atoms with van der Waals surface area (Å²) in [6, 6.07) is 9.71. The maximum atomic E-state index is 12.6. The van der Waals surface area contributed by atoms with Crippen molar-refractivity contribution in [2.75, 3.05) is 7.05 Å². The van der Waals surface area contributed by atoms with Crippen LogP contribution in [0.1, 0.15) is 16.9 Å². The van der Waals surface area contributed by atoms with Crippen molar-refractivity contribution in [3.63, 3.8) is 0 Å². The molecule has 24 heavy (non-hydrogen) atoms. The summed E-state index contributed by atoms with van der Waals surface area (Å²) in [4.78, 5) is 30.7. The predicted molar refractivity (Wildman–Crippen MR) is 90.7 cm³/mol. The molecule has 3 rings (SSSR count). The highest BCUT2D eigenvalue weighted by atomic mass is 16.3. The molecule has 0 aliphatic carbocycles. The van der Waals surface area contributed by atoms with E-state index in [4.69, 9.17) is 4.42 Å². The molecule has 124 valence electrons. The average Bonchev–Trinajstić information content (AvgIpc) is 2.86. The number of furan rings is 1. The monoisotopic (exact) mass is 325 g/mol. The molecule has 2 aromatic heterocycles. The third-order valence-electron chi connectivity index (χ3n) is 4.15. The molecule has 0 radical (unpaired) electrons. The van der Waals surface area contributed by atoms with Crippen LogP contribution >= 0.6 is 0 Å². The molecule has 0 saturated carbocycles. The lowest BCUT2D eigenvalue weighted by Gasteiger charge is -2.17. The number of carbonyl (C=O) groups is 1. The summed E-state index contributed by atoms with van der Waals surface area (Å²) in [5.74, 6) is 0.514. The molecule has 6 nitrogen and oxygen atoms in total. The SMILES string of the molecule is Cc1oc2ncn(CC(=O)N(C)Cc3ccccc3)c(=O)c2c1C. The second-order valence-electron chi connectivity index (χ2n) is 5.88. The van der Waals surface area contributed by atoms with E-state index in [1.54, 1.807) is 18.9 Å². The number of fused-ring (bicyclic) bond motifs is 1. The molecule has 0 bridgehead atoms. The van der Waals surface area contributed by atoms with Crippen LogP contribution in [0.5, 0.6) is 0 Å². The third-order valence-corrected chi connectivity index (χ3v) is 4.15. The van der Waals surface area contributed by atoms with Crippen LogP contribution in [0.25, 0.3) is 11.1 Å². The molecule has 3 aromatic rings. The van der Waals surface area contributed by atoms with Crippen molar-refractivity contribution in [3.05, 3.63) is 63.9 Å². The van der Waals surface area contributed by atoms with E-state index < -0.39 is 0 Å². The lowest BCUT2D eigenvalue weighted by atomic mass is 10.2. The van der Waals surface area contributed by atoms with E-state index in [9.17, 15) is 9.59 Å². The highest BCUT2D eigenvalue weighted by Crippen LogP contribution is 2.19. The van der Waals surface area contributed by atoms with E-state index in [1.807, 2.05) is 37.3 Å². The predicted octanol–water partition coefficient (Wildman–Crippen LogP) is 2.26. The summed E-state index contributed by atoms with van der Waals surface area (Å²) in [5.41, 5.74) is 1.87. The van der Waals surface area contributed by atoms with Gasteiger partial charge in [-0.05, 0) is 19.4 Å². The van der Waals surface area contributed by atoms with Gasteiger partial charge in [0.15, 0.2) is 0 Å². The summed E-state index contributed by atoms with van der Waals surface area (Å²) >= 11 is 0. The van der Waals surface area contributed by atoms with Gasteiger partial charge in [-0.25, -0.2) is 4.98 Å². The van der Waals surface area contributed by atoms with Gasteiger partial charge in [0.2, 0.25) is 11.6 Å². The Morgan fingerprint density at radius 1 is 1.25 bits per heavy atom. The van der Waals surface area contributed by atoms with Gasteiger partial charge in [0, 0.05) is 19.2 Å². The highest BCUT2D eigenvalue weighted by Gasteiger charge is 2.16. The first-order valence-electron chi connectivity index (χ1n) is 7.70. The standard InChI is InChI=1S/C18H19N3O3/c1-12-13(2)24-17-16(12)18(23)21(11-19-17)10-15(22)20(3)9-14-7-5-4-6-8-14/h4-8,11H,9-10H2,1-3H3. The molecule has 1 amide bonds. The summed E-state index contributed by atoms with van der Waals surface area (Å²) in [5, 5.41) is 0.438. The first-order valence-corrected chi connectivity index (χ1v) is 7.70. The van der Waals surface area contributed by atoms with E-state index in [1.165, 1.54) is 10.9 Å². The van der Waals surface area contributed by atoms with Gasteiger partial charge in [0.05, 0.1) is 0 Å². The van der Waals surface area contributed by atoms with Gasteiger partial charge < -0.3 is 9.32 Å². The molecule has 0 atom stereocenters. The van der Waals surface area contributed by atoms with Crippen molar-refractivity contribution in [2.45, 2.75) is 26.9 Å². The lowest BCUT2D eigenvalue weighted by Crippen LogP contribution is -2.33. The fourth-order valence-corrected chi connectivity index (χ4v) is 2.59. The number of aryl methyl sites for hydroxylation is 2. The largest absolute Gasteiger partial charge is 0.443 e. The number of aromatic nitrogens is 2. The molecule has 6 heteroatoms. The molecular weight excluding hydrogens is 306 g/mol. The number of rotatable bonds is 4. The molecule has 0 unspecified atom stereocenters. The van der Waals surface area contributed by atoms with Crippen LogP contribution in [-0.4, -0.2) is 27.4 Å². The van der Waals surface area contributed by atoms with Crippen LogP contribution < -0.4 is 5.56 Å². The normalized spacial score (nSPS) is 11.0. The minimum Gasteiger partial charge on any atom is -0.443 e. The molecule has 0 saturated heterocycles. The molecule has 0 N–H and O–H groups in total. The summed E-state index contributed by atoms with van der Waals surface area (Å²) in [7, 11) is 1.72. The Labute approximate surface area is 139 Å². The Bertz CT molecular complexity index is 941. The minimum atomic E-state index is -0.254. The first-order chi connectivity index (χ1) is 11.5. The quantitative estimate of drug-likeness (QED) is 0.738. The number of amides is 1. The van der Waals surface area contributed by atoms with Crippen LogP contribution in [0, 0.1) is 13.8 Å². The van der Waals surface area contributed by atoms with Crippen molar-refractivity contribution in [1.29, 1.82) is 0 Å². The van der Waals surface area contributed by atoms with Gasteiger partial charge in [-0.1, -0.05) is 30.3 Å². The second-order valence-corrected chi connectivity index (χ2v) is 5.88. The van der Waals surface area contributed by atoms with Gasteiger partial charge in [-0.15, -0.1) is 0 Å². The van der Waals surface area contributed by atoms with E-state index in [0.29, 0.717) is 23.4 Å². The summed E-state index contributed by atoms with van der Waals surface area (Å²) in [6.45, 7) is 4.06. The fourth-order valence-electron chi connectivity index (χ4n) is 2.59. The summed E-state index contributed by atoms with van der Waals surface area (Å²) in [6.07, 6.45) is 1.36. The lowest BCUT2D eigenvalue weighted by molar-refractivity contribution is -0.131. The number of nitrogens with zero attached hydrogens (tertiary/aromatic N) is 3. The fraction of sp³-hybridized carbons (Fsp3) is 0.278. The third kappa shape index (κ3) is 2.95. The van der Waals surface area contributed by atoms with E-state index in [2.05, 4.69) is 4.98 Å². The number of benzene rings is 1. The van der Waals surface area contributed by atoms with Gasteiger partial charge in [-0.2, -0.15) is 0 Å². The number of carbonyl (C=O) groups excluding carboxylic acids is 1. The first kappa shape index (κ1) is 16.0. The Kier molecular flexibility index (Phi) is 4.20. The van der Waals surface area contributed by atoms with Crippen molar-refractivity contribution in [1.82, 2.24) is 14.5 Å². The van der Waals surface area contributed by atoms with Crippen LogP contribution in [0.3, 0.4) is 0 Å². The Morgan fingerprint density at radius 2 is 1.96 bits per heavy atom. The average molecular weight is 325 g/mol. The van der Waals surface area contributed by atoms with Crippen molar-refractivity contribution >= 4 is 17.0 Å². The Balaban J connectivity index is 1.81. The molecule has 0 spiro atoms. The zero-order chi connectivity index (χ0) is 17.3. The van der Waals surface area contributed by atoms with Crippen LogP contribution in [0.4, 0.5) is 0 Å². The maximum Gasteiger partial charge on any atom is 0.265 e. The molecule has 1 aromatic carbocycles. The topological polar surface area (TPSA) is 68.3 Å². The molecular formula is C18H19N3O3. The molecule has 0 aliphatic rings. The van der Waals surface area contributed by atoms with Crippen LogP contribution in [-0.2, 0) is 17.9 Å². The second kappa shape index (κ2) is 6.31. The van der Waals surface area contributed by atoms with E-state index >= 15 is 0 Å². The highest BCUT2D eigenvalue weighted by molar-refractivity contribution is 5.79. The Morgan fingerprint density at radius 3 is 2.67 bits per heavy atom. The number of hydrogen-bond donors (Lipinski definition) is 0. The number of likely N-dealkylation sites (N-methyl/N-ethyl adjacent to an activating group) is 1. The smallest absolute Gasteiger partial charge is 0.265 e. The van der Waals surface area contributed by atoms with Crippen molar-refractivity contribution in [3.8, 4) is 0 Å². The van der Waals surface area contributed by atoms with Crippen molar-refractivity contribution in [2.24, 2.45) is 0 Å². The summed E-state index contributed by atoms with van der Waals surface area (Å²) < 4.78 is 6.77. The van der Waals surface area contributed by atoms with Crippen LogP contribution in [0.15, 0.2) is 45.9 Å². The Hall–Kier alpha value is -2.89. The zero-order valence-corrected chi connectivity index (χ0v) is 13.9. The van der Waals surface area contributed by atoms with Gasteiger partial charge in [-0.3, -0.25) is 14.2 Å². The maximum absolute atomic E-state index is 12.6. The molecule has 0 aliphatic heterocycles. The minimum absolute atomic E-state index is 0.0469. The molecule has 0 fully saturated rings. The number of hydrogen-bond acceptors (Lipinski definition) is 4. The van der Waals surface area contributed by atoms with Gasteiger partial charge >= 0.3 is 0 Å². The van der Waals surface area contributed by atoms with E-state index in [0.717, 1.165) is 11.1 Å². The van der Waals surface area contributed by atoms with Crippen LogP contribution in [0.2, 0.25) is 0 Å². The molecule has 2 heterocycles. The zero-order valence-electron chi connectivity index (χ0n) is 13.9. The van der Waals surface area contributed by atoms with Gasteiger partial charge in [0.25, 0.3) is 5.56 Å².